The van der Waals surface area contributed by atoms with Crippen LogP contribution in [-0.4, -0.2) is 39.2 Å². The smallest absolute Gasteiger partial charge is 0.494 e. The van der Waals surface area contributed by atoms with Gasteiger partial charge in [-0.2, -0.15) is 0 Å². The van der Waals surface area contributed by atoms with E-state index in [1.165, 1.54) is 13.2 Å². The third kappa shape index (κ3) is 3.31. The molecule has 0 aliphatic carbocycles. The van der Waals surface area contributed by atoms with Crippen LogP contribution >= 0.6 is 0 Å². The minimum absolute atomic E-state index is 0.0371. The van der Waals surface area contributed by atoms with Crippen molar-refractivity contribution in [2.24, 2.45) is 5.41 Å². The minimum atomic E-state index is -0.633. The van der Waals surface area contributed by atoms with Crippen LogP contribution in [-0.2, 0) is 15.7 Å². The molecule has 1 aliphatic rings. The molecule has 0 bridgehead atoms. The van der Waals surface area contributed by atoms with Gasteiger partial charge in [0.1, 0.15) is 0 Å². The van der Waals surface area contributed by atoms with Crippen LogP contribution in [0.5, 0.6) is 5.75 Å². The van der Waals surface area contributed by atoms with Crippen molar-refractivity contribution < 1.29 is 23.5 Å². The summed E-state index contributed by atoms with van der Waals surface area (Å²) >= 11 is 0. The van der Waals surface area contributed by atoms with E-state index in [9.17, 15) is 4.39 Å². The van der Waals surface area contributed by atoms with Crippen molar-refractivity contribution in [3.8, 4) is 5.75 Å². The van der Waals surface area contributed by atoms with E-state index in [-0.39, 0.29) is 17.8 Å². The summed E-state index contributed by atoms with van der Waals surface area (Å²) in [5.41, 5.74) is 1.18. The van der Waals surface area contributed by atoms with E-state index in [0.29, 0.717) is 30.7 Å². The molecule has 0 radical (unpaired) electrons. The zero-order valence-corrected chi connectivity index (χ0v) is 12.1. The van der Waals surface area contributed by atoms with Crippen LogP contribution in [0.3, 0.4) is 0 Å². The molecule has 6 heteroatoms. The van der Waals surface area contributed by atoms with Gasteiger partial charge in [-0.05, 0) is 18.1 Å². The Labute approximate surface area is 119 Å². The lowest BCUT2D eigenvalue weighted by Crippen LogP contribution is -2.48. The van der Waals surface area contributed by atoms with Gasteiger partial charge in [-0.1, -0.05) is 19.9 Å². The Hall–Kier alpha value is -1.11. The van der Waals surface area contributed by atoms with Crippen LogP contribution in [0, 0.1) is 11.2 Å². The number of hydrogen-bond acceptors (Lipinski definition) is 4. The summed E-state index contributed by atoms with van der Waals surface area (Å²) in [6.07, 6.45) is 0.381. The van der Waals surface area contributed by atoms with E-state index < -0.39 is 12.9 Å². The Morgan fingerprint density at radius 3 is 2.55 bits per heavy atom. The van der Waals surface area contributed by atoms with Crippen molar-refractivity contribution in [2.75, 3.05) is 26.9 Å². The summed E-state index contributed by atoms with van der Waals surface area (Å²) in [6.45, 7) is 5.12. The number of rotatable bonds is 4. The number of hydrogen-bond donors (Lipinski definition) is 1. The second-order valence-electron chi connectivity index (χ2n) is 5.79. The second-order valence-corrected chi connectivity index (χ2v) is 5.79. The highest BCUT2D eigenvalue weighted by molar-refractivity contribution is 6.62. The van der Waals surface area contributed by atoms with Crippen molar-refractivity contribution in [3.05, 3.63) is 23.5 Å². The quantitative estimate of drug-likeness (QED) is 0.841. The zero-order valence-electron chi connectivity index (χ0n) is 12.1. The molecule has 1 aromatic carbocycles. The highest BCUT2D eigenvalue weighted by atomic mass is 19.1. The van der Waals surface area contributed by atoms with Crippen molar-refractivity contribution in [2.45, 2.75) is 20.3 Å². The molecular formula is C14H20BFO4. The lowest BCUT2D eigenvalue weighted by Gasteiger charge is -2.33. The molecule has 0 aromatic heterocycles. The van der Waals surface area contributed by atoms with Gasteiger partial charge in [0, 0.05) is 30.7 Å². The molecule has 1 N–H and O–H groups in total. The van der Waals surface area contributed by atoms with E-state index in [1.807, 2.05) is 13.8 Å². The Morgan fingerprint density at radius 1 is 1.35 bits per heavy atom. The van der Waals surface area contributed by atoms with E-state index in [0.717, 1.165) is 0 Å². The summed E-state index contributed by atoms with van der Waals surface area (Å²) in [6, 6.07) is 3.13. The van der Waals surface area contributed by atoms with Gasteiger partial charge in [-0.3, -0.25) is 0 Å². The highest BCUT2D eigenvalue weighted by Crippen LogP contribution is 2.24. The van der Waals surface area contributed by atoms with Gasteiger partial charge in [-0.15, -0.1) is 0 Å². The van der Waals surface area contributed by atoms with E-state index >= 15 is 0 Å². The van der Waals surface area contributed by atoms with Crippen molar-refractivity contribution in [1.29, 1.82) is 0 Å². The first-order chi connectivity index (χ1) is 9.46. The zero-order chi connectivity index (χ0) is 14.8. The molecular weight excluding hydrogens is 262 g/mol. The molecule has 1 heterocycles. The van der Waals surface area contributed by atoms with Crippen molar-refractivity contribution in [1.82, 2.24) is 0 Å². The van der Waals surface area contributed by atoms with Crippen molar-refractivity contribution in [3.63, 3.8) is 0 Å². The van der Waals surface area contributed by atoms with Gasteiger partial charge < -0.3 is 19.2 Å². The largest absolute Gasteiger partial charge is 0.497 e. The van der Waals surface area contributed by atoms with Gasteiger partial charge in [0.05, 0.1) is 7.11 Å². The lowest BCUT2D eigenvalue weighted by atomic mass is 9.74. The van der Waals surface area contributed by atoms with Crippen LogP contribution in [0.4, 0.5) is 4.39 Å². The van der Waals surface area contributed by atoms with Gasteiger partial charge in [0.2, 0.25) is 0 Å². The Morgan fingerprint density at radius 2 is 2.00 bits per heavy atom. The third-order valence-electron chi connectivity index (χ3n) is 3.24. The van der Waals surface area contributed by atoms with Gasteiger partial charge in [0.15, 0.2) is 11.6 Å². The molecule has 2 rings (SSSR count). The Balaban J connectivity index is 2.29. The Bertz CT molecular complexity index is 468. The molecule has 0 unspecified atom stereocenters. The molecule has 20 heavy (non-hydrogen) atoms. The van der Waals surface area contributed by atoms with Crippen LogP contribution in [0.25, 0.3) is 0 Å². The maximum Gasteiger partial charge on any atom is 0.497 e. The molecule has 1 aromatic rings. The standard InChI is InChI=1S/C14H20BFO4/c1-14(2)8-19-15(20-9-14)11-6-10(4-5-17)7-12(16)13(11)18-3/h6-7,17H,4-5,8-9H2,1-3H3. The molecule has 1 saturated heterocycles. The monoisotopic (exact) mass is 282 g/mol. The predicted octanol–water partition coefficient (Wildman–Crippen LogP) is 1.14. The summed E-state index contributed by atoms with van der Waals surface area (Å²) in [5, 5.41) is 8.99. The summed E-state index contributed by atoms with van der Waals surface area (Å²) < 4.78 is 30.5. The molecule has 0 saturated carbocycles. The summed E-state index contributed by atoms with van der Waals surface area (Å²) in [4.78, 5) is 0. The topological polar surface area (TPSA) is 47.9 Å². The molecule has 4 nitrogen and oxygen atoms in total. The molecule has 1 aliphatic heterocycles. The normalized spacial score (nSPS) is 18.1. The first-order valence-corrected chi connectivity index (χ1v) is 6.67. The average molecular weight is 282 g/mol. The van der Waals surface area contributed by atoms with Crippen LogP contribution < -0.4 is 10.2 Å². The van der Waals surface area contributed by atoms with Crippen LogP contribution in [0.15, 0.2) is 12.1 Å². The minimum Gasteiger partial charge on any atom is -0.494 e. The van der Waals surface area contributed by atoms with Gasteiger partial charge >= 0.3 is 7.12 Å². The summed E-state index contributed by atoms with van der Waals surface area (Å²) in [7, 11) is 0.784. The highest BCUT2D eigenvalue weighted by Gasteiger charge is 2.36. The van der Waals surface area contributed by atoms with E-state index in [1.54, 1.807) is 6.07 Å². The maximum atomic E-state index is 14.0. The van der Waals surface area contributed by atoms with Crippen LogP contribution in [0.1, 0.15) is 19.4 Å². The third-order valence-corrected chi connectivity index (χ3v) is 3.24. The maximum absolute atomic E-state index is 14.0. The first kappa shape index (κ1) is 15.3. The van der Waals surface area contributed by atoms with Gasteiger partial charge in [0.25, 0.3) is 0 Å². The first-order valence-electron chi connectivity index (χ1n) is 6.67. The Kier molecular flexibility index (Phi) is 4.68. The number of methoxy groups -OCH3 is 1. The van der Waals surface area contributed by atoms with E-state index in [2.05, 4.69) is 0 Å². The fourth-order valence-electron chi connectivity index (χ4n) is 2.21. The molecule has 110 valence electrons. The fraction of sp³-hybridized carbons (Fsp3) is 0.571. The molecule has 0 atom stereocenters. The molecule has 0 amide bonds. The number of aliphatic hydroxyl groups excluding tert-OH is 1. The number of aliphatic hydroxyl groups is 1. The summed E-state index contributed by atoms with van der Waals surface area (Å²) in [5.74, 6) is -0.332. The number of benzene rings is 1. The average Bonchev–Trinajstić information content (AvgIpc) is 2.38. The van der Waals surface area contributed by atoms with Gasteiger partial charge in [-0.25, -0.2) is 4.39 Å². The molecule has 1 fully saturated rings. The molecule has 0 spiro atoms. The number of ether oxygens (including phenoxy) is 1. The SMILES string of the molecule is COc1c(F)cc(CCO)cc1B1OCC(C)(C)CO1. The number of halogens is 1. The van der Waals surface area contributed by atoms with Crippen LogP contribution in [0.2, 0.25) is 0 Å². The second kappa shape index (κ2) is 6.12. The van der Waals surface area contributed by atoms with Crippen molar-refractivity contribution >= 4 is 12.6 Å². The fourth-order valence-corrected chi connectivity index (χ4v) is 2.21. The predicted molar refractivity (Wildman–Crippen MR) is 74.8 cm³/mol. The van der Waals surface area contributed by atoms with E-state index in [4.69, 9.17) is 19.2 Å². The lowest BCUT2D eigenvalue weighted by molar-refractivity contribution is 0.0341.